The maximum absolute atomic E-state index is 11.4. The van der Waals surface area contributed by atoms with Crippen LogP contribution in [-0.2, 0) is 16.0 Å². The largest absolute Gasteiger partial charge is 0.368 e. The first-order valence-corrected chi connectivity index (χ1v) is 5.76. The summed E-state index contributed by atoms with van der Waals surface area (Å²) in [7, 11) is 0. The first-order valence-electron chi connectivity index (χ1n) is 5.76. The van der Waals surface area contributed by atoms with Crippen molar-refractivity contribution in [1.82, 2.24) is 5.32 Å². The van der Waals surface area contributed by atoms with Crippen molar-refractivity contribution in [2.24, 2.45) is 5.73 Å². The summed E-state index contributed by atoms with van der Waals surface area (Å²) in [5.74, 6) is -0.634. The van der Waals surface area contributed by atoms with Crippen LogP contribution in [0.4, 0.5) is 0 Å². The van der Waals surface area contributed by atoms with E-state index in [0.717, 1.165) is 12.0 Å². The number of carbonyl (C=O) groups is 2. The highest BCUT2D eigenvalue weighted by molar-refractivity contribution is 5.86. The first kappa shape index (κ1) is 13.2. The van der Waals surface area contributed by atoms with Crippen LogP contribution in [0, 0.1) is 0 Å². The van der Waals surface area contributed by atoms with Gasteiger partial charge in [0.25, 0.3) is 0 Å². The maximum atomic E-state index is 11.4. The number of hydrogen-bond acceptors (Lipinski definition) is 2. The van der Waals surface area contributed by atoms with Gasteiger partial charge in [-0.1, -0.05) is 37.3 Å². The van der Waals surface area contributed by atoms with Crippen LogP contribution < -0.4 is 11.1 Å². The molecule has 1 atom stereocenters. The van der Waals surface area contributed by atoms with Gasteiger partial charge in [0, 0.05) is 12.8 Å². The molecule has 2 amide bonds. The number of amides is 2. The molecule has 1 aromatic rings. The molecule has 0 bridgehead atoms. The molecule has 1 rings (SSSR count). The molecule has 0 unspecified atom stereocenters. The molecule has 0 aliphatic heterocycles. The lowest BCUT2D eigenvalue weighted by atomic mass is 10.1. The fourth-order valence-electron chi connectivity index (χ4n) is 1.57. The molecule has 3 N–H and O–H groups in total. The van der Waals surface area contributed by atoms with Crippen molar-refractivity contribution in [3.63, 3.8) is 0 Å². The van der Waals surface area contributed by atoms with Crippen LogP contribution in [0.2, 0.25) is 0 Å². The average Bonchev–Trinajstić information content (AvgIpc) is 2.29. The fourth-order valence-corrected chi connectivity index (χ4v) is 1.57. The third kappa shape index (κ3) is 4.68. The quantitative estimate of drug-likeness (QED) is 0.770. The highest BCUT2D eigenvalue weighted by Crippen LogP contribution is 2.03. The Hall–Kier alpha value is -1.84. The van der Waals surface area contributed by atoms with Gasteiger partial charge in [-0.2, -0.15) is 0 Å². The molecule has 17 heavy (non-hydrogen) atoms. The lowest BCUT2D eigenvalue weighted by molar-refractivity contribution is -0.127. The van der Waals surface area contributed by atoms with E-state index in [1.54, 1.807) is 0 Å². The molecule has 0 aliphatic rings. The predicted molar refractivity (Wildman–Crippen MR) is 66.2 cm³/mol. The van der Waals surface area contributed by atoms with E-state index in [2.05, 4.69) is 5.32 Å². The number of nitrogens with two attached hydrogens (primary N) is 1. The summed E-state index contributed by atoms with van der Waals surface area (Å²) in [6.07, 6.45) is 1.60. The van der Waals surface area contributed by atoms with Crippen LogP contribution in [0.1, 0.15) is 25.3 Å². The van der Waals surface area contributed by atoms with E-state index in [0.29, 0.717) is 12.8 Å². The van der Waals surface area contributed by atoms with Crippen molar-refractivity contribution in [2.45, 2.75) is 32.2 Å². The van der Waals surface area contributed by atoms with E-state index < -0.39 is 11.9 Å². The van der Waals surface area contributed by atoms with Gasteiger partial charge in [0.2, 0.25) is 11.8 Å². The smallest absolute Gasteiger partial charge is 0.240 e. The predicted octanol–water partition coefficient (Wildman–Crippen LogP) is 0.999. The van der Waals surface area contributed by atoms with Crippen LogP contribution in [0.5, 0.6) is 0 Å². The minimum absolute atomic E-state index is 0.132. The lowest BCUT2D eigenvalue weighted by Crippen LogP contribution is -2.45. The van der Waals surface area contributed by atoms with Gasteiger partial charge >= 0.3 is 0 Å². The van der Waals surface area contributed by atoms with E-state index in [1.165, 1.54) is 0 Å². The topological polar surface area (TPSA) is 72.2 Å². The summed E-state index contributed by atoms with van der Waals surface area (Å²) >= 11 is 0. The van der Waals surface area contributed by atoms with Gasteiger partial charge in [0.1, 0.15) is 6.04 Å². The van der Waals surface area contributed by atoms with Crippen molar-refractivity contribution in [3.8, 4) is 0 Å². The number of nitrogens with one attached hydrogen (secondary N) is 1. The molecule has 92 valence electrons. The van der Waals surface area contributed by atoms with Crippen LogP contribution in [-0.4, -0.2) is 17.9 Å². The Bertz CT molecular complexity index is 376. The summed E-state index contributed by atoms with van der Waals surface area (Å²) in [5, 5.41) is 2.65. The summed E-state index contributed by atoms with van der Waals surface area (Å²) in [4.78, 5) is 22.7. The number of benzene rings is 1. The molecular weight excluding hydrogens is 216 g/mol. The molecule has 0 radical (unpaired) electrons. The Labute approximate surface area is 101 Å². The Morgan fingerprint density at radius 1 is 1.29 bits per heavy atom. The molecule has 0 saturated carbocycles. The van der Waals surface area contributed by atoms with E-state index in [9.17, 15) is 9.59 Å². The third-order valence-electron chi connectivity index (χ3n) is 2.44. The Morgan fingerprint density at radius 2 is 1.94 bits per heavy atom. The van der Waals surface area contributed by atoms with Crippen LogP contribution in [0.25, 0.3) is 0 Å². The minimum atomic E-state index is -0.628. The SMILES string of the molecule is CCCC(=O)N[C@@H](Cc1ccccc1)C(N)=O. The zero-order chi connectivity index (χ0) is 12.7. The molecule has 0 spiro atoms. The van der Waals surface area contributed by atoms with Crippen molar-refractivity contribution in [3.05, 3.63) is 35.9 Å². The molecule has 0 heterocycles. The zero-order valence-electron chi connectivity index (χ0n) is 9.98. The van der Waals surface area contributed by atoms with Crippen molar-refractivity contribution >= 4 is 11.8 Å². The fraction of sp³-hybridized carbons (Fsp3) is 0.385. The molecule has 0 aromatic heterocycles. The van der Waals surface area contributed by atoms with Crippen LogP contribution in [0.15, 0.2) is 30.3 Å². The number of hydrogen-bond donors (Lipinski definition) is 2. The Morgan fingerprint density at radius 3 is 2.47 bits per heavy atom. The summed E-state index contributed by atoms with van der Waals surface area (Å²) in [5.41, 5.74) is 6.26. The molecule has 4 heteroatoms. The molecule has 0 saturated heterocycles. The monoisotopic (exact) mass is 234 g/mol. The second-order valence-corrected chi connectivity index (χ2v) is 3.96. The van der Waals surface area contributed by atoms with Crippen molar-refractivity contribution in [1.29, 1.82) is 0 Å². The number of carbonyl (C=O) groups excluding carboxylic acids is 2. The van der Waals surface area contributed by atoms with Gasteiger partial charge < -0.3 is 11.1 Å². The molecule has 4 nitrogen and oxygen atoms in total. The van der Waals surface area contributed by atoms with Crippen LogP contribution >= 0.6 is 0 Å². The minimum Gasteiger partial charge on any atom is -0.368 e. The molecular formula is C13H18N2O2. The highest BCUT2D eigenvalue weighted by Gasteiger charge is 2.17. The van der Waals surface area contributed by atoms with Crippen LogP contribution in [0.3, 0.4) is 0 Å². The third-order valence-corrected chi connectivity index (χ3v) is 2.44. The molecule has 0 aliphatic carbocycles. The van der Waals surface area contributed by atoms with E-state index >= 15 is 0 Å². The second kappa shape index (κ2) is 6.68. The van der Waals surface area contributed by atoms with E-state index in [1.807, 2.05) is 37.3 Å². The number of rotatable bonds is 6. The number of primary amides is 1. The Balaban J connectivity index is 2.61. The van der Waals surface area contributed by atoms with Gasteiger partial charge in [-0.05, 0) is 12.0 Å². The molecule has 0 fully saturated rings. The van der Waals surface area contributed by atoms with Gasteiger partial charge in [-0.3, -0.25) is 9.59 Å². The average molecular weight is 234 g/mol. The summed E-state index contributed by atoms with van der Waals surface area (Å²) < 4.78 is 0. The maximum Gasteiger partial charge on any atom is 0.240 e. The van der Waals surface area contributed by atoms with Gasteiger partial charge in [0.15, 0.2) is 0 Å². The molecule has 1 aromatic carbocycles. The van der Waals surface area contributed by atoms with Crippen molar-refractivity contribution in [2.75, 3.05) is 0 Å². The van der Waals surface area contributed by atoms with E-state index in [4.69, 9.17) is 5.73 Å². The lowest BCUT2D eigenvalue weighted by Gasteiger charge is -2.15. The highest BCUT2D eigenvalue weighted by atomic mass is 16.2. The summed E-state index contributed by atoms with van der Waals surface area (Å²) in [6, 6.07) is 8.86. The normalized spacial score (nSPS) is 11.8. The summed E-state index contributed by atoms with van der Waals surface area (Å²) in [6.45, 7) is 1.91. The van der Waals surface area contributed by atoms with Gasteiger partial charge in [-0.25, -0.2) is 0 Å². The standard InChI is InChI=1S/C13H18N2O2/c1-2-6-12(16)15-11(13(14)17)9-10-7-4-3-5-8-10/h3-5,7-8,11H,2,6,9H2,1H3,(H2,14,17)(H,15,16)/t11-/m0/s1. The van der Waals surface area contributed by atoms with Gasteiger partial charge in [0.05, 0.1) is 0 Å². The Kier molecular flexibility index (Phi) is 5.20. The zero-order valence-corrected chi connectivity index (χ0v) is 9.98. The van der Waals surface area contributed by atoms with Crippen molar-refractivity contribution < 1.29 is 9.59 Å². The first-order chi connectivity index (χ1) is 8.13. The second-order valence-electron chi connectivity index (χ2n) is 3.96. The van der Waals surface area contributed by atoms with Gasteiger partial charge in [-0.15, -0.1) is 0 Å². The van der Waals surface area contributed by atoms with E-state index in [-0.39, 0.29) is 5.91 Å².